The van der Waals surface area contributed by atoms with Gasteiger partial charge in [0, 0.05) is 6.54 Å². The minimum atomic E-state index is -0.434. The molecule has 0 amide bonds. The molecule has 0 fully saturated rings. The van der Waals surface area contributed by atoms with E-state index in [1.165, 1.54) is 12.1 Å². The van der Waals surface area contributed by atoms with Crippen molar-refractivity contribution in [2.75, 3.05) is 7.05 Å². The zero-order valence-corrected chi connectivity index (χ0v) is 13.1. The Hall–Kier alpha value is -1.90. The topological polar surface area (TPSA) is 45.0 Å². The van der Waals surface area contributed by atoms with Gasteiger partial charge in [-0.15, -0.1) is 0 Å². The zero-order chi connectivity index (χ0) is 15.2. The Morgan fingerprint density at radius 1 is 1.24 bits per heavy atom. The van der Waals surface area contributed by atoms with Crippen molar-refractivity contribution >= 4 is 15.9 Å². The molecule has 0 aliphatic carbocycles. The summed E-state index contributed by atoms with van der Waals surface area (Å²) in [5, 5.41) is 11.9. The maximum Gasteiger partial charge on any atom is 0.134 e. The van der Waals surface area contributed by atoms with Gasteiger partial charge in [0.05, 0.1) is 16.1 Å². The van der Waals surface area contributed by atoms with Crippen LogP contribution >= 0.6 is 15.9 Å². The molecule has 2 aromatic rings. The van der Waals surface area contributed by atoms with Crippen molar-refractivity contribution in [1.29, 1.82) is 5.26 Å². The van der Waals surface area contributed by atoms with Gasteiger partial charge in [-0.25, -0.2) is 4.39 Å². The highest BCUT2D eigenvalue weighted by molar-refractivity contribution is 9.10. The lowest BCUT2D eigenvalue weighted by molar-refractivity contribution is 0.303. The zero-order valence-electron chi connectivity index (χ0n) is 11.5. The molecule has 108 valence electrons. The summed E-state index contributed by atoms with van der Waals surface area (Å²) in [4.78, 5) is 0. The van der Waals surface area contributed by atoms with Crippen LogP contribution in [-0.4, -0.2) is 7.05 Å². The SMILES string of the molecule is CNCc1ccc(OCc2cc(F)cc(C#N)c2)c(Br)c1. The number of ether oxygens (including phenoxy) is 1. The second-order valence-electron chi connectivity index (χ2n) is 4.54. The predicted molar refractivity (Wildman–Crippen MR) is 82.4 cm³/mol. The molecule has 3 nitrogen and oxygen atoms in total. The van der Waals surface area contributed by atoms with Crippen molar-refractivity contribution in [3.63, 3.8) is 0 Å². The van der Waals surface area contributed by atoms with Gasteiger partial charge in [0.15, 0.2) is 0 Å². The summed E-state index contributed by atoms with van der Waals surface area (Å²) < 4.78 is 19.8. The first kappa shape index (κ1) is 15.5. The molecular formula is C16H14BrFN2O. The summed E-state index contributed by atoms with van der Waals surface area (Å²) in [6.07, 6.45) is 0. The van der Waals surface area contributed by atoms with E-state index < -0.39 is 5.82 Å². The largest absolute Gasteiger partial charge is 0.488 e. The highest BCUT2D eigenvalue weighted by atomic mass is 79.9. The number of nitriles is 1. The van der Waals surface area contributed by atoms with Crippen molar-refractivity contribution in [1.82, 2.24) is 5.32 Å². The lowest BCUT2D eigenvalue weighted by atomic mass is 10.1. The smallest absolute Gasteiger partial charge is 0.134 e. The molecule has 0 radical (unpaired) electrons. The predicted octanol–water partition coefficient (Wildman–Crippen LogP) is 3.76. The summed E-state index contributed by atoms with van der Waals surface area (Å²) in [6, 6.07) is 11.9. The molecular weight excluding hydrogens is 335 g/mol. The summed E-state index contributed by atoms with van der Waals surface area (Å²) in [6.45, 7) is 0.977. The third-order valence-electron chi connectivity index (χ3n) is 2.86. The molecule has 2 aromatic carbocycles. The lowest BCUT2D eigenvalue weighted by Gasteiger charge is -2.10. The third-order valence-corrected chi connectivity index (χ3v) is 3.48. The highest BCUT2D eigenvalue weighted by Gasteiger charge is 2.05. The molecule has 0 aliphatic rings. The Labute approximate surface area is 131 Å². The Morgan fingerprint density at radius 2 is 2.05 bits per heavy atom. The maximum atomic E-state index is 13.3. The number of rotatable bonds is 5. The van der Waals surface area contributed by atoms with Gasteiger partial charge >= 0.3 is 0 Å². The fourth-order valence-corrected chi connectivity index (χ4v) is 2.48. The Morgan fingerprint density at radius 3 is 2.71 bits per heavy atom. The van der Waals surface area contributed by atoms with E-state index in [1.54, 1.807) is 6.07 Å². The van der Waals surface area contributed by atoms with Gasteiger partial charge in [0.1, 0.15) is 18.2 Å². The molecule has 0 heterocycles. The van der Waals surface area contributed by atoms with Crippen LogP contribution in [0.2, 0.25) is 0 Å². The van der Waals surface area contributed by atoms with Crippen LogP contribution in [-0.2, 0) is 13.2 Å². The summed E-state index contributed by atoms with van der Waals surface area (Å²) in [5.41, 5.74) is 2.05. The van der Waals surface area contributed by atoms with Crippen LogP contribution in [0.4, 0.5) is 4.39 Å². The van der Waals surface area contributed by atoms with Crippen molar-refractivity contribution in [3.8, 4) is 11.8 Å². The van der Waals surface area contributed by atoms with E-state index in [2.05, 4.69) is 21.2 Å². The van der Waals surface area contributed by atoms with Crippen LogP contribution in [0, 0.1) is 17.1 Å². The van der Waals surface area contributed by atoms with Crippen LogP contribution in [0.25, 0.3) is 0 Å². The molecule has 0 spiro atoms. The third kappa shape index (κ3) is 4.28. The normalized spacial score (nSPS) is 10.2. The second-order valence-corrected chi connectivity index (χ2v) is 5.40. The monoisotopic (exact) mass is 348 g/mol. The van der Waals surface area contributed by atoms with Gasteiger partial charge in [-0.05, 0) is 64.4 Å². The summed E-state index contributed by atoms with van der Waals surface area (Å²) >= 11 is 3.45. The molecule has 0 aliphatic heterocycles. The highest BCUT2D eigenvalue weighted by Crippen LogP contribution is 2.27. The summed E-state index contributed by atoms with van der Waals surface area (Å²) in [5.74, 6) is 0.244. The summed E-state index contributed by atoms with van der Waals surface area (Å²) in [7, 11) is 1.88. The molecule has 0 bridgehead atoms. The van der Waals surface area contributed by atoms with Crippen LogP contribution in [0.1, 0.15) is 16.7 Å². The first-order valence-corrected chi connectivity index (χ1v) is 7.17. The van der Waals surface area contributed by atoms with E-state index in [0.29, 0.717) is 11.3 Å². The Balaban J connectivity index is 2.10. The van der Waals surface area contributed by atoms with Crippen LogP contribution in [0.5, 0.6) is 5.75 Å². The average molecular weight is 349 g/mol. The number of hydrogen-bond acceptors (Lipinski definition) is 3. The molecule has 0 saturated carbocycles. The molecule has 0 unspecified atom stereocenters. The first-order chi connectivity index (χ1) is 10.1. The number of halogens is 2. The molecule has 0 aromatic heterocycles. The Bertz CT molecular complexity index is 682. The van der Waals surface area contributed by atoms with Crippen molar-refractivity contribution in [3.05, 3.63) is 63.4 Å². The number of nitrogens with one attached hydrogen (secondary N) is 1. The van der Waals surface area contributed by atoms with Crippen LogP contribution < -0.4 is 10.1 Å². The van der Waals surface area contributed by atoms with Crippen LogP contribution in [0.15, 0.2) is 40.9 Å². The molecule has 1 N–H and O–H groups in total. The van der Waals surface area contributed by atoms with Gasteiger partial charge < -0.3 is 10.1 Å². The van der Waals surface area contributed by atoms with Crippen LogP contribution in [0.3, 0.4) is 0 Å². The van der Waals surface area contributed by atoms with E-state index in [0.717, 1.165) is 16.6 Å². The average Bonchev–Trinajstić information content (AvgIpc) is 2.46. The number of nitrogens with zero attached hydrogens (tertiary/aromatic N) is 1. The molecule has 21 heavy (non-hydrogen) atoms. The fraction of sp³-hybridized carbons (Fsp3) is 0.188. The molecule has 0 atom stereocenters. The van der Waals surface area contributed by atoms with Gasteiger partial charge in [0.2, 0.25) is 0 Å². The molecule has 5 heteroatoms. The second kappa shape index (κ2) is 7.21. The van der Waals surface area contributed by atoms with E-state index >= 15 is 0 Å². The maximum absolute atomic E-state index is 13.3. The van der Waals surface area contributed by atoms with Gasteiger partial charge in [0.25, 0.3) is 0 Å². The number of hydrogen-bond donors (Lipinski definition) is 1. The van der Waals surface area contributed by atoms with E-state index in [4.69, 9.17) is 10.00 Å². The quantitative estimate of drug-likeness (QED) is 0.894. The minimum absolute atomic E-state index is 0.205. The van der Waals surface area contributed by atoms with Crippen molar-refractivity contribution < 1.29 is 9.13 Å². The van der Waals surface area contributed by atoms with E-state index in [-0.39, 0.29) is 12.2 Å². The first-order valence-electron chi connectivity index (χ1n) is 6.38. The van der Waals surface area contributed by atoms with Crippen molar-refractivity contribution in [2.24, 2.45) is 0 Å². The van der Waals surface area contributed by atoms with Gasteiger partial charge in [-0.2, -0.15) is 5.26 Å². The van der Waals surface area contributed by atoms with E-state index in [1.807, 2.05) is 31.3 Å². The van der Waals surface area contributed by atoms with E-state index in [9.17, 15) is 4.39 Å². The number of benzene rings is 2. The van der Waals surface area contributed by atoms with Gasteiger partial charge in [-0.3, -0.25) is 0 Å². The molecule has 2 rings (SSSR count). The molecule has 0 saturated heterocycles. The van der Waals surface area contributed by atoms with Gasteiger partial charge in [-0.1, -0.05) is 6.07 Å². The lowest BCUT2D eigenvalue weighted by Crippen LogP contribution is -2.05. The fourth-order valence-electron chi connectivity index (χ4n) is 1.93. The minimum Gasteiger partial charge on any atom is -0.488 e. The standard InChI is InChI=1S/C16H14BrFN2O/c1-20-9-11-2-3-16(15(17)7-11)21-10-13-4-12(8-19)5-14(18)6-13/h2-7,20H,9-10H2,1H3. The Kier molecular flexibility index (Phi) is 5.32. The van der Waals surface area contributed by atoms with Crippen molar-refractivity contribution in [2.45, 2.75) is 13.2 Å².